The smallest absolute Gasteiger partial charge is 0.338 e. The summed E-state index contributed by atoms with van der Waals surface area (Å²) in [6.07, 6.45) is 3.06. The third-order valence-electron chi connectivity index (χ3n) is 6.97. The first-order valence-corrected chi connectivity index (χ1v) is 16.4. The molecule has 5 rings (SSSR count). The number of allylic oxidation sites excluding steroid dienone is 1. The fourth-order valence-electron chi connectivity index (χ4n) is 4.98. The quantitative estimate of drug-likeness (QED) is 0.167. The van der Waals surface area contributed by atoms with Crippen molar-refractivity contribution in [2.75, 3.05) is 13.7 Å². The highest BCUT2D eigenvalue weighted by Gasteiger charge is 2.36. The van der Waals surface area contributed by atoms with Crippen LogP contribution in [-0.2, 0) is 16.1 Å². The Morgan fingerprint density at radius 2 is 1.86 bits per heavy atom. The van der Waals surface area contributed by atoms with Gasteiger partial charge in [-0.3, -0.25) is 9.36 Å². The number of ether oxygens (including phenoxy) is 3. The van der Waals surface area contributed by atoms with Crippen molar-refractivity contribution in [2.45, 2.75) is 39.3 Å². The molecule has 1 atom stereocenters. The molecule has 0 bridgehead atoms. The number of benzene rings is 3. The molecule has 0 unspecified atom stereocenters. The Morgan fingerprint density at radius 3 is 2.57 bits per heavy atom. The van der Waals surface area contributed by atoms with E-state index in [1.54, 1.807) is 55.0 Å². The van der Waals surface area contributed by atoms with Gasteiger partial charge in [-0.1, -0.05) is 64.9 Å². The molecule has 0 spiro atoms. The van der Waals surface area contributed by atoms with E-state index in [0.717, 1.165) is 16.5 Å². The Hall–Kier alpha value is -3.54. The maximum absolute atomic E-state index is 14.1. The van der Waals surface area contributed by atoms with Crippen LogP contribution in [0.25, 0.3) is 6.08 Å². The summed E-state index contributed by atoms with van der Waals surface area (Å²) in [5, 5.41) is 0. The topological polar surface area (TPSA) is 79.1 Å². The van der Waals surface area contributed by atoms with Crippen molar-refractivity contribution < 1.29 is 23.4 Å². The summed E-state index contributed by atoms with van der Waals surface area (Å²) in [6.45, 7) is 4.02. The molecule has 0 fully saturated rings. The van der Waals surface area contributed by atoms with Crippen molar-refractivity contribution >= 4 is 55.2 Å². The van der Waals surface area contributed by atoms with E-state index in [1.165, 1.54) is 17.4 Å². The highest BCUT2D eigenvalue weighted by Crippen LogP contribution is 2.38. The third kappa shape index (κ3) is 6.60. The van der Waals surface area contributed by atoms with Crippen molar-refractivity contribution in [1.82, 2.24) is 4.57 Å². The Kier molecular flexibility index (Phi) is 10.2. The van der Waals surface area contributed by atoms with E-state index in [2.05, 4.69) is 31.9 Å². The molecule has 7 nitrogen and oxygen atoms in total. The predicted octanol–water partition coefficient (Wildman–Crippen LogP) is 6.83. The zero-order valence-electron chi connectivity index (χ0n) is 24.2. The Morgan fingerprint density at radius 1 is 1.09 bits per heavy atom. The number of carbonyl (C=O) groups is 1. The molecule has 1 aliphatic heterocycles. The lowest BCUT2D eigenvalue weighted by molar-refractivity contribution is -0.139. The molecule has 11 heteroatoms. The van der Waals surface area contributed by atoms with Gasteiger partial charge in [-0.15, -0.1) is 0 Å². The number of carbonyl (C=O) groups excluding carboxylic acids is 1. The van der Waals surface area contributed by atoms with Crippen molar-refractivity contribution in [3.63, 3.8) is 0 Å². The number of rotatable bonds is 10. The minimum absolute atomic E-state index is 0.0746. The Bertz CT molecular complexity index is 1930. The Labute approximate surface area is 274 Å². The van der Waals surface area contributed by atoms with E-state index in [1.807, 2.05) is 31.2 Å². The van der Waals surface area contributed by atoms with Crippen LogP contribution in [0, 0.1) is 5.82 Å². The van der Waals surface area contributed by atoms with Gasteiger partial charge in [0, 0.05) is 15.6 Å². The van der Waals surface area contributed by atoms with Crippen molar-refractivity contribution in [2.24, 2.45) is 4.99 Å². The number of methoxy groups -OCH3 is 1. The van der Waals surface area contributed by atoms with Gasteiger partial charge in [0.25, 0.3) is 5.56 Å². The van der Waals surface area contributed by atoms with Gasteiger partial charge < -0.3 is 14.2 Å². The third-order valence-corrected chi connectivity index (χ3v) is 9.07. The fourth-order valence-corrected chi connectivity index (χ4v) is 6.89. The minimum atomic E-state index is -0.803. The highest BCUT2D eigenvalue weighted by atomic mass is 79.9. The van der Waals surface area contributed by atoms with Crippen molar-refractivity contribution in [3.8, 4) is 11.5 Å². The maximum Gasteiger partial charge on any atom is 0.338 e. The molecule has 228 valence electrons. The van der Waals surface area contributed by atoms with Crippen molar-refractivity contribution in [3.05, 3.63) is 123 Å². The normalized spacial score (nSPS) is 14.7. The van der Waals surface area contributed by atoms with Gasteiger partial charge in [-0.2, -0.15) is 0 Å². The van der Waals surface area contributed by atoms with Crippen LogP contribution in [0.5, 0.6) is 11.5 Å². The van der Waals surface area contributed by atoms with Gasteiger partial charge in [0.15, 0.2) is 4.80 Å². The monoisotopic (exact) mass is 742 g/mol. The van der Waals surface area contributed by atoms with Gasteiger partial charge >= 0.3 is 5.97 Å². The first-order valence-electron chi connectivity index (χ1n) is 14.0. The Balaban J connectivity index is 1.61. The summed E-state index contributed by atoms with van der Waals surface area (Å²) in [7, 11) is 1.55. The van der Waals surface area contributed by atoms with E-state index in [0.29, 0.717) is 54.1 Å². The lowest BCUT2D eigenvalue weighted by Gasteiger charge is -2.27. The molecular weight excluding hydrogens is 715 g/mol. The van der Waals surface area contributed by atoms with Crippen LogP contribution < -0.4 is 24.4 Å². The van der Waals surface area contributed by atoms with Crippen LogP contribution in [0.4, 0.5) is 4.39 Å². The standard InChI is InChI=1S/C33H29Br2FN2O5S/c1-4-8-25-29(32(40)42-5-2)30(22-17-21(34)12-14-26(22)41-3)38-31(39)28(44-33(38)37-25)16-19-11-13-27(23(35)15-19)43-18-20-9-6-7-10-24(20)36/h6-7,9-17,30H,4-5,8,18H2,1-3H3/b28-16+/t30-/m1/s1. The number of hydrogen-bond acceptors (Lipinski definition) is 7. The second-order valence-electron chi connectivity index (χ2n) is 9.87. The number of hydrogen-bond donors (Lipinski definition) is 0. The van der Waals surface area contributed by atoms with Crippen LogP contribution in [0.1, 0.15) is 49.4 Å². The van der Waals surface area contributed by atoms with Gasteiger partial charge in [-0.25, -0.2) is 14.2 Å². The molecule has 4 aromatic rings. The molecule has 0 amide bonds. The van der Waals surface area contributed by atoms with E-state index in [-0.39, 0.29) is 24.6 Å². The largest absolute Gasteiger partial charge is 0.496 e. The number of thiazole rings is 1. The zero-order chi connectivity index (χ0) is 31.4. The maximum atomic E-state index is 14.1. The van der Waals surface area contributed by atoms with Crippen molar-refractivity contribution in [1.29, 1.82) is 0 Å². The first-order chi connectivity index (χ1) is 21.2. The van der Waals surface area contributed by atoms with E-state index < -0.39 is 12.0 Å². The van der Waals surface area contributed by atoms with Gasteiger partial charge in [0.2, 0.25) is 0 Å². The van der Waals surface area contributed by atoms with Gasteiger partial charge in [0.05, 0.1) is 34.0 Å². The SMILES string of the molecule is CCCC1=C(C(=O)OCC)[C@@H](c2cc(Br)ccc2OC)n2c(s/c(=C/c3ccc(OCc4ccccc4F)c(Br)c3)c2=O)=N1. The number of halogens is 3. The van der Waals surface area contributed by atoms with E-state index in [4.69, 9.17) is 19.2 Å². The van der Waals surface area contributed by atoms with Crippen LogP contribution >= 0.6 is 43.2 Å². The average molecular weight is 744 g/mol. The number of nitrogens with zero attached hydrogens (tertiary/aromatic N) is 2. The summed E-state index contributed by atoms with van der Waals surface area (Å²) < 4.78 is 34.5. The van der Waals surface area contributed by atoms with Crippen LogP contribution in [0.15, 0.2) is 90.7 Å². The molecule has 2 heterocycles. The predicted molar refractivity (Wildman–Crippen MR) is 175 cm³/mol. The molecule has 3 aromatic carbocycles. The zero-order valence-corrected chi connectivity index (χ0v) is 28.2. The van der Waals surface area contributed by atoms with Crippen LogP contribution in [-0.4, -0.2) is 24.3 Å². The van der Waals surface area contributed by atoms with Crippen LogP contribution in [0.2, 0.25) is 0 Å². The van der Waals surface area contributed by atoms with Gasteiger partial charge in [0.1, 0.15) is 30.0 Å². The van der Waals surface area contributed by atoms with E-state index in [9.17, 15) is 14.0 Å². The summed E-state index contributed by atoms with van der Waals surface area (Å²) in [5.74, 6) is 0.220. The molecule has 0 aliphatic carbocycles. The molecule has 0 N–H and O–H groups in total. The average Bonchev–Trinajstić information content (AvgIpc) is 3.31. The fraction of sp³-hybridized carbons (Fsp3) is 0.242. The number of esters is 1. The second kappa shape index (κ2) is 14.0. The number of aromatic nitrogens is 1. The summed E-state index contributed by atoms with van der Waals surface area (Å²) in [6, 6.07) is 16.6. The molecule has 0 saturated carbocycles. The minimum Gasteiger partial charge on any atom is -0.496 e. The molecule has 1 aliphatic rings. The van der Waals surface area contributed by atoms with Gasteiger partial charge in [-0.05, 0) is 77.3 Å². The van der Waals surface area contributed by atoms with Crippen LogP contribution in [0.3, 0.4) is 0 Å². The van der Waals surface area contributed by atoms with E-state index >= 15 is 0 Å². The summed E-state index contributed by atoms with van der Waals surface area (Å²) in [5.41, 5.74) is 2.45. The first kappa shape index (κ1) is 31.9. The summed E-state index contributed by atoms with van der Waals surface area (Å²) >= 11 is 8.33. The molecule has 0 saturated heterocycles. The summed E-state index contributed by atoms with van der Waals surface area (Å²) in [4.78, 5) is 32.9. The molecule has 0 radical (unpaired) electrons. The molecule has 1 aromatic heterocycles. The molecular formula is C33H29Br2FN2O5S. The highest BCUT2D eigenvalue weighted by molar-refractivity contribution is 9.10. The molecule has 44 heavy (non-hydrogen) atoms. The number of fused-ring (bicyclic) bond motifs is 1. The lowest BCUT2D eigenvalue weighted by atomic mass is 9.93. The lowest BCUT2D eigenvalue weighted by Crippen LogP contribution is -2.40. The second-order valence-corrected chi connectivity index (χ2v) is 12.6.